The molecule has 0 radical (unpaired) electrons. The van der Waals surface area contributed by atoms with Crippen molar-refractivity contribution in [2.75, 3.05) is 26.2 Å². The van der Waals surface area contributed by atoms with Gasteiger partial charge >= 0.3 is 0 Å². The number of hydrogen-bond donors (Lipinski definition) is 1. The molecule has 0 aromatic rings. The van der Waals surface area contributed by atoms with E-state index in [9.17, 15) is 5.11 Å². The van der Waals surface area contributed by atoms with Crippen LogP contribution >= 0.6 is 0 Å². The number of ether oxygens (including phenoxy) is 1. The SMILES string of the molecule is C[C@H]1CCCN(C[C@H](O)COC2CCC(C(C)(C)C)CC2)C1. The monoisotopic (exact) mass is 311 g/mol. The Balaban J connectivity index is 1.62. The molecule has 130 valence electrons. The van der Waals surface area contributed by atoms with Gasteiger partial charge in [0.1, 0.15) is 0 Å². The van der Waals surface area contributed by atoms with E-state index in [1.807, 2.05) is 0 Å². The second-order valence-electron chi connectivity index (χ2n) is 8.83. The Kier molecular flexibility index (Phi) is 6.73. The van der Waals surface area contributed by atoms with Crippen molar-refractivity contribution in [2.45, 2.75) is 78.4 Å². The molecule has 0 aromatic heterocycles. The van der Waals surface area contributed by atoms with Crippen molar-refractivity contribution in [1.29, 1.82) is 0 Å². The molecule has 22 heavy (non-hydrogen) atoms. The quantitative estimate of drug-likeness (QED) is 0.840. The highest BCUT2D eigenvalue weighted by Gasteiger charge is 2.30. The summed E-state index contributed by atoms with van der Waals surface area (Å²) in [6.45, 7) is 12.9. The number of hydrogen-bond acceptors (Lipinski definition) is 3. The van der Waals surface area contributed by atoms with Crippen LogP contribution in [-0.2, 0) is 4.74 Å². The van der Waals surface area contributed by atoms with Gasteiger partial charge in [-0.25, -0.2) is 0 Å². The maximum absolute atomic E-state index is 10.2. The van der Waals surface area contributed by atoms with Crippen LogP contribution in [0.15, 0.2) is 0 Å². The lowest BCUT2D eigenvalue weighted by Crippen LogP contribution is -2.41. The van der Waals surface area contributed by atoms with Crippen LogP contribution in [0.2, 0.25) is 0 Å². The van der Waals surface area contributed by atoms with Crippen LogP contribution in [0.25, 0.3) is 0 Å². The molecule has 3 nitrogen and oxygen atoms in total. The third-order valence-corrected chi connectivity index (χ3v) is 5.63. The van der Waals surface area contributed by atoms with Crippen LogP contribution in [-0.4, -0.2) is 48.5 Å². The van der Waals surface area contributed by atoms with Gasteiger partial charge in [0.15, 0.2) is 0 Å². The first-order valence-electron chi connectivity index (χ1n) is 9.36. The first-order chi connectivity index (χ1) is 10.3. The van der Waals surface area contributed by atoms with Crippen LogP contribution < -0.4 is 0 Å². The summed E-state index contributed by atoms with van der Waals surface area (Å²) in [5, 5.41) is 10.2. The molecule has 2 aliphatic rings. The molecule has 1 N–H and O–H groups in total. The van der Waals surface area contributed by atoms with Crippen LogP contribution in [0.1, 0.15) is 66.2 Å². The molecule has 1 saturated heterocycles. The van der Waals surface area contributed by atoms with E-state index in [0.29, 0.717) is 18.1 Å². The molecule has 1 saturated carbocycles. The Hall–Kier alpha value is -0.120. The zero-order valence-electron chi connectivity index (χ0n) is 15.2. The summed E-state index contributed by atoms with van der Waals surface area (Å²) in [7, 11) is 0. The molecule has 2 rings (SSSR count). The fourth-order valence-corrected chi connectivity index (χ4v) is 4.15. The lowest BCUT2D eigenvalue weighted by molar-refractivity contribution is -0.0466. The average Bonchev–Trinajstić information content (AvgIpc) is 2.45. The van der Waals surface area contributed by atoms with Crippen molar-refractivity contribution >= 4 is 0 Å². The maximum Gasteiger partial charge on any atom is 0.0900 e. The molecule has 1 aliphatic heterocycles. The van der Waals surface area contributed by atoms with Gasteiger partial charge in [-0.2, -0.15) is 0 Å². The Morgan fingerprint density at radius 1 is 1.14 bits per heavy atom. The molecule has 1 heterocycles. The van der Waals surface area contributed by atoms with Gasteiger partial charge in [0.2, 0.25) is 0 Å². The second-order valence-corrected chi connectivity index (χ2v) is 8.83. The van der Waals surface area contributed by atoms with E-state index in [-0.39, 0.29) is 6.10 Å². The van der Waals surface area contributed by atoms with Gasteiger partial charge in [0.05, 0.1) is 18.8 Å². The molecule has 2 atom stereocenters. The van der Waals surface area contributed by atoms with Crippen molar-refractivity contribution in [2.24, 2.45) is 17.3 Å². The van der Waals surface area contributed by atoms with E-state index >= 15 is 0 Å². The van der Waals surface area contributed by atoms with E-state index in [2.05, 4.69) is 32.6 Å². The minimum atomic E-state index is -0.328. The van der Waals surface area contributed by atoms with Gasteiger partial charge < -0.3 is 14.7 Å². The predicted molar refractivity (Wildman–Crippen MR) is 92.0 cm³/mol. The number of piperidine rings is 1. The van der Waals surface area contributed by atoms with Crippen molar-refractivity contribution in [3.63, 3.8) is 0 Å². The summed E-state index contributed by atoms with van der Waals surface area (Å²) >= 11 is 0. The van der Waals surface area contributed by atoms with Gasteiger partial charge in [-0.3, -0.25) is 0 Å². The van der Waals surface area contributed by atoms with Crippen molar-refractivity contribution in [1.82, 2.24) is 4.90 Å². The Bertz CT molecular complexity index is 318. The second kappa shape index (κ2) is 8.12. The van der Waals surface area contributed by atoms with E-state index in [4.69, 9.17) is 4.74 Å². The predicted octanol–water partition coefficient (Wildman–Crippen LogP) is 3.70. The van der Waals surface area contributed by atoms with E-state index in [1.54, 1.807) is 0 Å². The van der Waals surface area contributed by atoms with Crippen LogP contribution in [0.5, 0.6) is 0 Å². The Morgan fingerprint density at radius 2 is 1.82 bits per heavy atom. The van der Waals surface area contributed by atoms with Gasteiger partial charge in [-0.05, 0) is 62.3 Å². The fraction of sp³-hybridized carbons (Fsp3) is 1.00. The number of nitrogens with zero attached hydrogens (tertiary/aromatic N) is 1. The Labute approximate surface area is 137 Å². The minimum absolute atomic E-state index is 0.328. The van der Waals surface area contributed by atoms with Crippen molar-refractivity contribution in [3.05, 3.63) is 0 Å². The average molecular weight is 312 g/mol. The summed E-state index contributed by atoms with van der Waals surface area (Å²) in [5.74, 6) is 1.60. The molecule has 2 fully saturated rings. The molecule has 0 aromatic carbocycles. The molecular formula is C19H37NO2. The lowest BCUT2D eigenvalue weighted by atomic mass is 9.72. The standard InChI is InChI=1S/C19H37NO2/c1-15-6-5-11-20(12-15)13-17(21)14-22-18-9-7-16(8-10-18)19(2,3)4/h15-18,21H,5-14H2,1-4H3/t15-,16?,17-,18?/m0/s1. The van der Waals surface area contributed by atoms with E-state index in [1.165, 1.54) is 25.7 Å². The van der Waals surface area contributed by atoms with E-state index in [0.717, 1.165) is 44.3 Å². The highest BCUT2D eigenvalue weighted by molar-refractivity contribution is 4.81. The fourth-order valence-electron chi connectivity index (χ4n) is 4.15. The van der Waals surface area contributed by atoms with Crippen LogP contribution in [0.3, 0.4) is 0 Å². The zero-order chi connectivity index (χ0) is 16.2. The molecular weight excluding hydrogens is 274 g/mol. The molecule has 1 aliphatic carbocycles. The molecule has 0 bridgehead atoms. The van der Waals surface area contributed by atoms with Crippen LogP contribution in [0, 0.1) is 17.3 Å². The number of β-amino-alcohol motifs (C(OH)–C–C–N with tert-alkyl or cyclic N) is 1. The third kappa shape index (κ3) is 5.82. The van der Waals surface area contributed by atoms with Gasteiger partial charge in [-0.1, -0.05) is 27.7 Å². The largest absolute Gasteiger partial charge is 0.389 e. The van der Waals surface area contributed by atoms with Gasteiger partial charge in [0.25, 0.3) is 0 Å². The highest BCUT2D eigenvalue weighted by atomic mass is 16.5. The summed E-state index contributed by atoms with van der Waals surface area (Å²) < 4.78 is 6.00. The summed E-state index contributed by atoms with van der Waals surface area (Å²) in [5.41, 5.74) is 0.426. The summed E-state index contributed by atoms with van der Waals surface area (Å²) in [6.07, 6.45) is 7.51. The lowest BCUT2D eigenvalue weighted by Gasteiger charge is -2.37. The molecule has 0 unspecified atom stereocenters. The highest BCUT2D eigenvalue weighted by Crippen LogP contribution is 2.38. The van der Waals surface area contributed by atoms with E-state index < -0.39 is 0 Å². The van der Waals surface area contributed by atoms with Gasteiger partial charge in [-0.15, -0.1) is 0 Å². The third-order valence-electron chi connectivity index (χ3n) is 5.63. The number of rotatable bonds is 5. The van der Waals surface area contributed by atoms with Crippen LogP contribution in [0.4, 0.5) is 0 Å². The topological polar surface area (TPSA) is 32.7 Å². The first-order valence-corrected chi connectivity index (χ1v) is 9.36. The maximum atomic E-state index is 10.2. The minimum Gasteiger partial charge on any atom is -0.389 e. The van der Waals surface area contributed by atoms with Gasteiger partial charge in [0, 0.05) is 13.1 Å². The van der Waals surface area contributed by atoms with Crippen molar-refractivity contribution in [3.8, 4) is 0 Å². The Morgan fingerprint density at radius 3 is 2.41 bits per heavy atom. The normalized spacial score (nSPS) is 32.9. The molecule has 0 spiro atoms. The summed E-state index contributed by atoms with van der Waals surface area (Å²) in [4.78, 5) is 2.40. The number of likely N-dealkylation sites (tertiary alicyclic amines) is 1. The number of aliphatic hydroxyl groups is 1. The summed E-state index contributed by atoms with van der Waals surface area (Å²) in [6, 6.07) is 0. The number of aliphatic hydroxyl groups excluding tert-OH is 1. The zero-order valence-corrected chi connectivity index (χ0v) is 15.2. The first kappa shape index (κ1) is 18.2. The smallest absolute Gasteiger partial charge is 0.0900 e. The van der Waals surface area contributed by atoms with Crippen molar-refractivity contribution < 1.29 is 9.84 Å². The molecule has 0 amide bonds. The molecule has 3 heteroatoms.